The van der Waals surface area contributed by atoms with Gasteiger partial charge in [-0.2, -0.15) is 8.78 Å². The minimum atomic E-state index is -2.46. The van der Waals surface area contributed by atoms with Gasteiger partial charge in [0.1, 0.15) is 0 Å². The van der Waals surface area contributed by atoms with Crippen molar-refractivity contribution in [3.63, 3.8) is 0 Å². The molecule has 0 saturated carbocycles. The Labute approximate surface area is 150 Å². The standard InChI is InChI=1S/C16H12F2N4OS2/c17-16(18)25-12-4-2-10(3-5-12)21-13(23)8-11-9-24-15(22-11)14-19-6-1-7-20-14/h1-7,9,16H,8H2,(H,21,23). The smallest absolute Gasteiger partial charge is 0.288 e. The van der Waals surface area contributed by atoms with Crippen molar-refractivity contribution in [2.45, 2.75) is 17.1 Å². The van der Waals surface area contributed by atoms with Gasteiger partial charge in [0.25, 0.3) is 5.76 Å². The summed E-state index contributed by atoms with van der Waals surface area (Å²) in [6.07, 6.45) is 3.37. The van der Waals surface area contributed by atoms with Gasteiger partial charge in [0, 0.05) is 28.4 Å². The first-order valence-electron chi connectivity index (χ1n) is 7.16. The Morgan fingerprint density at radius 3 is 2.60 bits per heavy atom. The molecule has 0 aliphatic carbocycles. The number of anilines is 1. The number of rotatable bonds is 6. The van der Waals surface area contributed by atoms with Crippen LogP contribution in [0.5, 0.6) is 0 Å². The van der Waals surface area contributed by atoms with Crippen molar-refractivity contribution in [1.29, 1.82) is 0 Å². The summed E-state index contributed by atoms with van der Waals surface area (Å²) in [5, 5.41) is 5.15. The van der Waals surface area contributed by atoms with Gasteiger partial charge in [-0.1, -0.05) is 11.8 Å². The molecule has 128 valence electrons. The van der Waals surface area contributed by atoms with Crippen LogP contribution in [-0.2, 0) is 11.2 Å². The lowest BCUT2D eigenvalue weighted by Crippen LogP contribution is -2.14. The van der Waals surface area contributed by atoms with Crippen molar-refractivity contribution >= 4 is 34.7 Å². The summed E-state index contributed by atoms with van der Waals surface area (Å²) in [7, 11) is 0. The van der Waals surface area contributed by atoms with E-state index in [0.29, 0.717) is 38.9 Å². The quantitative estimate of drug-likeness (QED) is 0.654. The van der Waals surface area contributed by atoms with Crippen LogP contribution in [0.3, 0.4) is 0 Å². The highest BCUT2D eigenvalue weighted by Gasteiger charge is 2.11. The van der Waals surface area contributed by atoms with E-state index < -0.39 is 5.76 Å². The lowest BCUT2D eigenvalue weighted by atomic mass is 10.3. The van der Waals surface area contributed by atoms with Crippen molar-refractivity contribution in [2.75, 3.05) is 5.32 Å². The third kappa shape index (κ3) is 5.04. The minimum absolute atomic E-state index is 0.108. The Bertz CT molecular complexity index is 841. The van der Waals surface area contributed by atoms with Crippen molar-refractivity contribution < 1.29 is 13.6 Å². The van der Waals surface area contributed by atoms with Crippen LogP contribution in [-0.4, -0.2) is 26.6 Å². The average molecular weight is 378 g/mol. The fourth-order valence-corrected chi connectivity index (χ4v) is 3.25. The van der Waals surface area contributed by atoms with E-state index >= 15 is 0 Å². The third-order valence-electron chi connectivity index (χ3n) is 3.01. The van der Waals surface area contributed by atoms with Crippen LogP contribution in [0.4, 0.5) is 14.5 Å². The Morgan fingerprint density at radius 2 is 1.92 bits per heavy atom. The highest BCUT2D eigenvalue weighted by Crippen LogP contribution is 2.26. The number of carbonyl (C=O) groups excluding carboxylic acids is 1. The van der Waals surface area contributed by atoms with Crippen LogP contribution in [0, 0.1) is 0 Å². The molecule has 5 nitrogen and oxygen atoms in total. The molecule has 0 unspecified atom stereocenters. The monoisotopic (exact) mass is 378 g/mol. The second kappa shape index (κ2) is 8.13. The van der Waals surface area contributed by atoms with Crippen LogP contribution < -0.4 is 5.32 Å². The molecule has 25 heavy (non-hydrogen) atoms. The molecule has 2 heterocycles. The predicted octanol–water partition coefficient (Wildman–Crippen LogP) is 4.10. The molecular formula is C16H12F2N4OS2. The zero-order valence-electron chi connectivity index (χ0n) is 12.7. The average Bonchev–Trinajstić information content (AvgIpc) is 3.05. The first-order chi connectivity index (χ1) is 12.1. The summed E-state index contributed by atoms with van der Waals surface area (Å²) in [5.41, 5.74) is 1.17. The molecule has 9 heteroatoms. The van der Waals surface area contributed by atoms with Crippen molar-refractivity contribution in [2.24, 2.45) is 0 Å². The van der Waals surface area contributed by atoms with Crippen LogP contribution in [0.1, 0.15) is 5.69 Å². The van der Waals surface area contributed by atoms with Crippen LogP contribution in [0.15, 0.2) is 53.0 Å². The van der Waals surface area contributed by atoms with Gasteiger partial charge in [0.15, 0.2) is 10.8 Å². The number of hydrogen-bond donors (Lipinski definition) is 1. The number of thiazole rings is 1. The van der Waals surface area contributed by atoms with Crippen LogP contribution in [0.25, 0.3) is 10.8 Å². The number of thioether (sulfide) groups is 1. The molecule has 0 fully saturated rings. The molecular weight excluding hydrogens is 366 g/mol. The lowest BCUT2D eigenvalue weighted by Gasteiger charge is -2.05. The van der Waals surface area contributed by atoms with E-state index in [1.165, 1.54) is 11.3 Å². The normalized spacial score (nSPS) is 10.8. The zero-order chi connectivity index (χ0) is 17.6. The van der Waals surface area contributed by atoms with E-state index in [0.717, 1.165) is 0 Å². The number of aromatic nitrogens is 3. The number of benzene rings is 1. The molecule has 0 spiro atoms. The van der Waals surface area contributed by atoms with Gasteiger partial charge in [-0.25, -0.2) is 15.0 Å². The molecule has 2 aromatic heterocycles. The number of carbonyl (C=O) groups is 1. The van der Waals surface area contributed by atoms with E-state index in [-0.39, 0.29) is 12.3 Å². The third-order valence-corrected chi connectivity index (χ3v) is 4.62. The fraction of sp³-hybridized carbons (Fsp3) is 0.125. The highest BCUT2D eigenvalue weighted by atomic mass is 32.2. The van der Waals surface area contributed by atoms with E-state index in [1.807, 2.05) is 0 Å². The molecule has 3 aromatic rings. The Hall–Kier alpha value is -2.39. The van der Waals surface area contributed by atoms with E-state index in [4.69, 9.17) is 0 Å². The van der Waals surface area contributed by atoms with Crippen LogP contribution >= 0.6 is 23.1 Å². The molecule has 3 rings (SSSR count). The van der Waals surface area contributed by atoms with Gasteiger partial charge in [0.05, 0.1) is 12.1 Å². The number of alkyl halides is 2. The maximum atomic E-state index is 12.3. The Kier molecular flexibility index (Phi) is 5.67. The molecule has 1 amide bonds. The maximum Gasteiger partial charge on any atom is 0.288 e. The second-order valence-corrected chi connectivity index (χ2v) is 6.77. The summed E-state index contributed by atoms with van der Waals surface area (Å²) in [5.74, 6) is -2.18. The summed E-state index contributed by atoms with van der Waals surface area (Å²) in [4.78, 5) is 25.1. The Balaban J connectivity index is 1.58. The molecule has 1 N–H and O–H groups in total. The molecule has 0 aliphatic heterocycles. The summed E-state index contributed by atoms with van der Waals surface area (Å²) in [6.45, 7) is 0. The molecule has 0 aliphatic rings. The van der Waals surface area contributed by atoms with Gasteiger partial charge in [-0.15, -0.1) is 11.3 Å². The second-order valence-electron chi connectivity index (χ2n) is 4.84. The maximum absolute atomic E-state index is 12.3. The number of amides is 1. The molecule has 1 aromatic carbocycles. The molecule has 0 atom stereocenters. The van der Waals surface area contributed by atoms with E-state index in [1.54, 1.807) is 48.1 Å². The predicted molar refractivity (Wildman–Crippen MR) is 93.8 cm³/mol. The van der Waals surface area contributed by atoms with E-state index in [9.17, 15) is 13.6 Å². The topological polar surface area (TPSA) is 67.8 Å². The van der Waals surface area contributed by atoms with Crippen LogP contribution in [0.2, 0.25) is 0 Å². The molecule has 0 bridgehead atoms. The van der Waals surface area contributed by atoms with Gasteiger partial charge in [-0.05, 0) is 30.3 Å². The minimum Gasteiger partial charge on any atom is -0.326 e. The number of halogens is 2. The van der Waals surface area contributed by atoms with Crippen molar-refractivity contribution in [3.8, 4) is 10.8 Å². The van der Waals surface area contributed by atoms with Gasteiger partial charge in [0.2, 0.25) is 5.91 Å². The lowest BCUT2D eigenvalue weighted by molar-refractivity contribution is -0.115. The molecule has 0 saturated heterocycles. The van der Waals surface area contributed by atoms with Gasteiger partial charge in [-0.3, -0.25) is 4.79 Å². The van der Waals surface area contributed by atoms with E-state index in [2.05, 4.69) is 20.3 Å². The molecule has 0 radical (unpaired) electrons. The van der Waals surface area contributed by atoms with Crippen molar-refractivity contribution in [3.05, 3.63) is 53.8 Å². The van der Waals surface area contributed by atoms with Gasteiger partial charge >= 0.3 is 0 Å². The first kappa shape index (κ1) is 17.4. The van der Waals surface area contributed by atoms with Gasteiger partial charge < -0.3 is 5.32 Å². The van der Waals surface area contributed by atoms with Crippen molar-refractivity contribution in [1.82, 2.24) is 15.0 Å². The SMILES string of the molecule is O=C(Cc1csc(-c2ncccn2)n1)Nc1ccc(SC(F)F)cc1. The number of hydrogen-bond acceptors (Lipinski definition) is 6. The summed E-state index contributed by atoms with van der Waals surface area (Å²) >= 11 is 1.83. The highest BCUT2D eigenvalue weighted by molar-refractivity contribution is 7.99. The number of nitrogens with one attached hydrogen (secondary N) is 1. The summed E-state index contributed by atoms with van der Waals surface area (Å²) < 4.78 is 24.6. The summed E-state index contributed by atoms with van der Waals surface area (Å²) in [6, 6.07) is 7.98. The number of nitrogens with zero attached hydrogens (tertiary/aromatic N) is 3. The zero-order valence-corrected chi connectivity index (χ0v) is 14.4. The fourth-order valence-electron chi connectivity index (χ4n) is 1.99. The Morgan fingerprint density at radius 1 is 1.20 bits per heavy atom. The first-order valence-corrected chi connectivity index (χ1v) is 8.92. The largest absolute Gasteiger partial charge is 0.326 e.